The molecule has 2 fully saturated rings. The second kappa shape index (κ2) is 7.60. The van der Waals surface area contributed by atoms with Crippen molar-refractivity contribution in [1.82, 2.24) is 4.90 Å². The molecule has 0 radical (unpaired) electrons. The van der Waals surface area contributed by atoms with Crippen molar-refractivity contribution in [3.8, 4) is 0 Å². The quantitative estimate of drug-likeness (QED) is 0.880. The van der Waals surface area contributed by atoms with Crippen molar-refractivity contribution in [2.45, 2.75) is 54.6 Å². The van der Waals surface area contributed by atoms with Crippen LogP contribution in [0.25, 0.3) is 0 Å². The van der Waals surface area contributed by atoms with Gasteiger partial charge in [0, 0.05) is 24.4 Å². The number of carbonyl (C=O) groups excluding carboxylic acids is 1. The molecule has 1 aromatic rings. The number of carbonyl (C=O) groups is 2. The summed E-state index contributed by atoms with van der Waals surface area (Å²) < 4.78 is -0.318. The maximum Gasteiger partial charge on any atom is 0.303 e. The fourth-order valence-electron chi connectivity index (χ4n) is 3.90. The molecule has 0 atom stereocenters. The number of hydrogen-bond donors (Lipinski definition) is 1. The third-order valence-electron chi connectivity index (χ3n) is 5.22. The van der Waals surface area contributed by atoms with Crippen molar-refractivity contribution < 1.29 is 14.7 Å². The Morgan fingerprint density at radius 1 is 1.12 bits per heavy atom. The summed E-state index contributed by atoms with van der Waals surface area (Å²) in [5.41, 5.74) is 0. The van der Waals surface area contributed by atoms with Gasteiger partial charge >= 0.3 is 5.97 Å². The number of benzene rings is 1. The Bertz CT molecular complexity index is 576. The Hall–Kier alpha value is -1.49. The minimum atomic E-state index is -0.730. The molecule has 1 saturated carbocycles. The summed E-state index contributed by atoms with van der Waals surface area (Å²) in [5.74, 6) is -0.248. The van der Waals surface area contributed by atoms with Crippen LogP contribution in [0.2, 0.25) is 0 Å². The van der Waals surface area contributed by atoms with Gasteiger partial charge in [0.05, 0.1) is 4.75 Å². The minimum Gasteiger partial charge on any atom is -0.481 e. The maximum atomic E-state index is 13.2. The standard InChI is InChI=1S/C19H25NO3S/c21-17(22)14-15-8-12-20(13-9-15)18(23)19(10-4-5-11-19)24-16-6-2-1-3-7-16/h1-3,6-7,15H,4-5,8-14H2,(H,21,22). The first-order valence-electron chi connectivity index (χ1n) is 8.84. The van der Waals surface area contributed by atoms with Gasteiger partial charge in [-0.3, -0.25) is 9.59 Å². The molecule has 5 heteroatoms. The molecule has 3 rings (SSSR count). The molecular weight excluding hydrogens is 322 g/mol. The number of nitrogens with zero attached hydrogens (tertiary/aromatic N) is 1. The average Bonchev–Trinajstić information content (AvgIpc) is 3.05. The smallest absolute Gasteiger partial charge is 0.303 e. The van der Waals surface area contributed by atoms with Crippen LogP contribution in [0.1, 0.15) is 44.9 Å². The zero-order valence-electron chi connectivity index (χ0n) is 13.9. The minimum absolute atomic E-state index is 0.216. The van der Waals surface area contributed by atoms with E-state index in [-0.39, 0.29) is 23.0 Å². The highest BCUT2D eigenvalue weighted by Gasteiger charge is 2.45. The van der Waals surface area contributed by atoms with Crippen molar-refractivity contribution in [1.29, 1.82) is 0 Å². The van der Waals surface area contributed by atoms with Crippen LogP contribution >= 0.6 is 11.8 Å². The van der Waals surface area contributed by atoms with Gasteiger partial charge in [0.25, 0.3) is 0 Å². The van der Waals surface area contributed by atoms with Crippen molar-refractivity contribution >= 4 is 23.6 Å². The van der Waals surface area contributed by atoms with E-state index in [1.54, 1.807) is 11.8 Å². The van der Waals surface area contributed by atoms with E-state index in [0.717, 1.165) is 43.4 Å². The molecule has 1 aliphatic carbocycles. The van der Waals surface area contributed by atoms with E-state index in [4.69, 9.17) is 5.11 Å². The first-order valence-corrected chi connectivity index (χ1v) is 9.66. The van der Waals surface area contributed by atoms with Gasteiger partial charge in [-0.25, -0.2) is 0 Å². The van der Waals surface area contributed by atoms with Gasteiger partial charge in [-0.05, 0) is 43.7 Å². The van der Waals surface area contributed by atoms with Crippen LogP contribution in [0.5, 0.6) is 0 Å². The number of carboxylic acids is 1. The van der Waals surface area contributed by atoms with Gasteiger partial charge in [-0.2, -0.15) is 0 Å². The van der Waals surface area contributed by atoms with E-state index in [1.807, 2.05) is 23.1 Å². The molecule has 0 unspecified atom stereocenters. The highest BCUT2D eigenvalue weighted by molar-refractivity contribution is 8.01. The third-order valence-corrected chi connectivity index (χ3v) is 6.70. The predicted molar refractivity (Wildman–Crippen MR) is 95.1 cm³/mol. The lowest BCUT2D eigenvalue weighted by molar-refractivity contribution is -0.139. The van der Waals surface area contributed by atoms with E-state index in [2.05, 4.69) is 12.1 Å². The van der Waals surface area contributed by atoms with Gasteiger partial charge in [0.15, 0.2) is 0 Å². The molecular formula is C19H25NO3S. The molecule has 4 nitrogen and oxygen atoms in total. The number of aliphatic carboxylic acids is 1. The molecule has 2 aliphatic rings. The summed E-state index contributed by atoms with van der Waals surface area (Å²) in [5, 5.41) is 8.93. The zero-order chi connectivity index (χ0) is 17.0. The fraction of sp³-hybridized carbons (Fsp3) is 0.579. The highest BCUT2D eigenvalue weighted by atomic mass is 32.2. The molecule has 130 valence electrons. The largest absolute Gasteiger partial charge is 0.481 e. The van der Waals surface area contributed by atoms with Crippen LogP contribution in [0, 0.1) is 5.92 Å². The highest BCUT2D eigenvalue weighted by Crippen LogP contribution is 2.46. The maximum absolute atomic E-state index is 13.2. The molecule has 1 aromatic carbocycles. The number of amides is 1. The van der Waals surface area contributed by atoms with Crippen LogP contribution in [-0.2, 0) is 9.59 Å². The second-order valence-electron chi connectivity index (χ2n) is 6.95. The van der Waals surface area contributed by atoms with Crippen molar-refractivity contribution in [2.75, 3.05) is 13.1 Å². The average molecular weight is 347 g/mol. The van der Waals surface area contributed by atoms with E-state index >= 15 is 0 Å². The summed E-state index contributed by atoms with van der Waals surface area (Å²) in [6.07, 6.45) is 5.96. The Morgan fingerprint density at radius 3 is 2.33 bits per heavy atom. The first kappa shape index (κ1) is 17.3. The van der Waals surface area contributed by atoms with E-state index < -0.39 is 5.97 Å². The molecule has 0 spiro atoms. The number of hydrogen-bond acceptors (Lipinski definition) is 3. The molecule has 0 aromatic heterocycles. The Morgan fingerprint density at radius 2 is 1.75 bits per heavy atom. The van der Waals surface area contributed by atoms with Crippen LogP contribution in [-0.4, -0.2) is 39.7 Å². The van der Waals surface area contributed by atoms with Crippen molar-refractivity contribution in [3.05, 3.63) is 30.3 Å². The summed E-state index contributed by atoms with van der Waals surface area (Å²) in [6, 6.07) is 10.2. The van der Waals surface area contributed by atoms with Gasteiger partial charge < -0.3 is 10.0 Å². The predicted octanol–water partition coefficient (Wildman–Crippen LogP) is 3.80. The van der Waals surface area contributed by atoms with E-state index in [9.17, 15) is 9.59 Å². The summed E-state index contributed by atoms with van der Waals surface area (Å²) in [6.45, 7) is 1.40. The Kier molecular flexibility index (Phi) is 5.49. The monoisotopic (exact) mass is 347 g/mol. The molecule has 0 bridgehead atoms. The number of likely N-dealkylation sites (tertiary alicyclic amines) is 1. The summed E-state index contributed by atoms with van der Waals surface area (Å²) >= 11 is 1.73. The normalized spacial score (nSPS) is 20.9. The molecule has 1 saturated heterocycles. The topological polar surface area (TPSA) is 57.6 Å². The van der Waals surface area contributed by atoms with Crippen molar-refractivity contribution in [2.24, 2.45) is 5.92 Å². The zero-order valence-corrected chi connectivity index (χ0v) is 14.8. The van der Waals surface area contributed by atoms with Crippen LogP contribution < -0.4 is 0 Å². The third kappa shape index (κ3) is 3.94. The summed E-state index contributed by atoms with van der Waals surface area (Å²) in [4.78, 5) is 27.3. The molecule has 24 heavy (non-hydrogen) atoms. The van der Waals surface area contributed by atoms with Crippen LogP contribution in [0.4, 0.5) is 0 Å². The SMILES string of the molecule is O=C(O)CC1CCN(C(=O)C2(Sc3ccccc3)CCCC2)CC1. The van der Waals surface area contributed by atoms with E-state index in [0.29, 0.717) is 13.1 Å². The Balaban J connectivity index is 1.66. The molecule has 1 aliphatic heterocycles. The lowest BCUT2D eigenvalue weighted by Gasteiger charge is -2.38. The molecule has 1 amide bonds. The first-order chi connectivity index (χ1) is 11.6. The van der Waals surface area contributed by atoms with E-state index in [1.165, 1.54) is 0 Å². The fourth-order valence-corrected chi connectivity index (χ4v) is 5.35. The number of rotatable bonds is 5. The molecule has 1 heterocycles. The Labute approximate surface area is 147 Å². The van der Waals surface area contributed by atoms with Gasteiger partial charge in [-0.15, -0.1) is 11.8 Å². The molecule has 1 N–H and O–H groups in total. The van der Waals surface area contributed by atoms with Crippen molar-refractivity contribution in [3.63, 3.8) is 0 Å². The lowest BCUT2D eigenvalue weighted by Crippen LogP contribution is -2.48. The summed E-state index contributed by atoms with van der Waals surface area (Å²) in [7, 11) is 0. The van der Waals surface area contributed by atoms with Crippen LogP contribution in [0.15, 0.2) is 35.2 Å². The van der Waals surface area contributed by atoms with Gasteiger partial charge in [0.2, 0.25) is 5.91 Å². The second-order valence-corrected chi connectivity index (χ2v) is 8.41. The van der Waals surface area contributed by atoms with Gasteiger partial charge in [0.1, 0.15) is 0 Å². The number of carboxylic acid groups (broad SMARTS) is 1. The van der Waals surface area contributed by atoms with Crippen LogP contribution in [0.3, 0.4) is 0 Å². The number of piperidine rings is 1. The lowest BCUT2D eigenvalue weighted by atomic mass is 9.92. The van der Waals surface area contributed by atoms with Gasteiger partial charge in [-0.1, -0.05) is 31.0 Å². The number of thioether (sulfide) groups is 1.